The van der Waals surface area contributed by atoms with Gasteiger partial charge in [-0.15, -0.1) is 12.3 Å². The summed E-state index contributed by atoms with van der Waals surface area (Å²) < 4.78 is 10.7. The summed E-state index contributed by atoms with van der Waals surface area (Å²) in [5, 5.41) is 2.85. The van der Waals surface area contributed by atoms with Gasteiger partial charge in [-0.25, -0.2) is 4.98 Å². The van der Waals surface area contributed by atoms with Crippen molar-refractivity contribution in [2.24, 2.45) is 0 Å². The summed E-state index contributed by atoms with van der Waals surface area (Å²) in [6.07, 6.45) is 7.86. The smallest absolute Gasteiger partial charge is 0.255 e. The third kappa shape index (κ3) is 6.65. The van der Waals surface area contributed by atoms with Gasteiger partial charge < -0.3 is 20.5 Å². The van der Waals surface area contributed by atoms with Crippen LogP contribution in [0.1, 0.15) is 40.9 Å². The monoisotopic (exact) mass is 367 g/mol. The average Bonchev–Trinajstić information content (AvgIpc) is 2.67. The van der Waals surface area contributed by atoms with Crippen molar-refractivity contribution in [2.75, 3.05) is 19.5 Å². The molecule has 1 amide bonds. The molecule has 0 saturated carbocycles. The van der Waals surface area contributed by atoms with E-state index in [0.717, 1.165) is 30.6 Å². The first-order chi connectivity index (χ1) is 13.1. The number of methoxy groups -OCH3 is 1. The molecule has 1 aromatic heterocycles. The zero-order valence-electron chi connectivity index (χ0n) is 15.5. The number of terminal acetylenes is 1. The summed E-state index contributed by atoms with van der Waals surface area (Å²) in [6.45, 7) is 1.33. The highest BCUT2D eigenvalue weighted by Crippen LogP contribution is 2.15. The van der Waals surface area contributed by atoms with E-state index in [-0.39, 0.29) is 11.7 Å². The predicted octanol–water partition coefficient (Wildman–Crippen LogP) is 2.92. The highest BCUT2D eigenvalue weighted by atomic mass is 16.5. The van der Waals surface area contributed by atoms with E-state index in [0.29, 0.717) is 31.0 Å². The maximum atomic E-state index is 12.4. The molecular formula is C21H25N3O3. The minimum atomic E-state index is -0.274. The lowest BCUT2D eigenvalue weighted by Crippen LogP contribution is -2.24. The summed E-state index contributed by atoms with van der Waals surface area (Å²) in [4.78, 5) is 16.5. The lowest BCUT2D eigenvalue weighted by Gasteiger charge is -2.10. The van der Waals surface area contributed by atoms with Crippen molar-refractivity contribution >= 4 is 11.7 Å². The van der Waals surface area contributed by atoms with Gasteiger partial charge in [0.1, 0.15) is 11.6 Å². The molecule has 0 fully saturated rings. The fraction of sp³-hybridized carbons (Fsp3) is 0.333. The van der Waals surface area contributed by atoms with Crippen LogP contribution in [0.3, 0.4) is 0 Å². The number of aromatic nitrogens is 1. The van der Waals surface area contributed by atoms with E-state index in [1.807, 2.05) is 24.3 Å². The molecule has 3 N–H and O–H groups in total. The molecule has 0 aliphatic rings. The molecule has 0 saturated heterocycles. The third-order valence-corrected chi connectivity index (χ3v) is 3.85. The Kier molecular flexibility index (Phi) is 8.14. The standard InChI is InChI=1S/C21H25N3O3/c1-3-4-5-6-12-27-18-9-7-8-16(13-18)14-23-21(25)19-11-10-17(15-26-2)24-20(19)22/h1,7-11,13H,4-6,12,14-15H2,2H3,(H2,22,24)(H,23,25). The molecule has 1 heterocycles. The molecule has 6 heteroatoms. The summed E-state index contributed by atoms with van der Waals surface area (Å²) in [6, 6.07) is 11.0. The molecule has 0 spiro atoms. The average molecular weight is 367 g/mol. The molecule has 2 rings (SSSR count). The zero-order valence-corrected chi connectivity index (χ0v) is 15.5. The van der Waals surface area contributed by atoms with E-state index in [1.54, 1.807) is 19.2 Å². The molecular weight excluding hydrogens is 342 g/mol. The number of unbranched alkanes of at least 4 members (excludes halogenated alkanes) is 2. The number of benzene rings is 1. The number of nitrogen functional groups attached to an aromatic ring is 1. The van der Waals surface area contributed by atoms with Gasteiger partial charge in [-0.1, -0.05) is 12.1 Å². The van der Waals surface area contributed by atoms with Crippen molar-refractivity contribution in [1.82, 2.24) is 10.3 Å². The van der Waals surface area contributed by atoms with E-state index in [1.165, 1.54) is 0 Å². The molecule has 0 bridgehead atoms. The normalized spacial score (nSPS) is 10.2. The molecule has 0 aliphatic carbocycles. The number of rotatable bonds is 10. The number of amides is 1. The molecule has 0 aliphatic heterocycles. The van der Waals surface area contributed by atoms with Crippen molar-refractivity contribution < 1.29 is 14.3 Å². The largest absolute Gasteiger partial charge is 0.494 e. The van der Waals surface area contributed by atoms with Crippen LogP contribution in [0.5, 0.6) is 5.75 Å². The number of carbonyl (C=O) groups excluding carboxylic acids is 1. The Morgan fingerprint density at radius 3 is 2.89 bits per heavy atom. The number of hydrogen-bond acceptors (Lipinski definition) is 5. The van der Waals surface area contributed by atoms with Crippen molar-refractivity contribution in [1.29, 1.82) is 0 Å². The maximum absolute atomic E-state index is 12.4. The molecule has 0 radical (unpaired) electrons. The van der Waals surface area contributed by atoms with Crippen LogP contribution < -0.4 is 15.8 Å². The van der Waals surface area contributed by atoms with Gasteiger partial charge in [0.05, 0.1) is 24.5 Å². The minimum Gasteiger partial charge on any atom is -0.494 e. The number of nitrogens with zero attached hydrogens (tertiary/aromatic N) is 1. The molecule has 0 unspecified atom stereocenters. The van der Waals surface area contributed by atoms with Crippen LogP contribution in [-0.2, 0) is 17.9 Å². The van der Waals surface area contributed by atoms with E-state index in [4.69, 9.17) is 21.6 Å². The molecule has 27 heavy (non-hydrogen) atoms. The molecule has 0 atom stereocenters. The van der Waals surface area contributed by atoms with Gasteiger partial charge in [-0.05, 0) is 42.7 Å². The first-order valence-corrected chi connectivity index (χ1v) is 8.81. The lowest BCUT2D eigenvalue weighted by atomic mass is 10.2. The van der Waals surface area contributed by atoms with Gasteiger partial charge in [-0.3, -0.25) is 4.79 Å². The fourth-order valence-corrected chi connectivity index (χ4v) is 2.48. The number of hydrogen-bond donors (Lipinski definition) is 2. The van der Waals surface area contributed by atoms with Gasteiger partial charge >= 0.3 is 0 Å². The van der Waals surface area contributed by atoms with Crippen LogP contribution in [0.15, 0.2) is 36.4 Å². The maximum Gasteiger partial charge on any atom is 0.255 e. The Balaban J connectivity index is 1.88. The predicted molar refractivity (Wildman–Crippen MR) is 105 cm³/mol. The van der Waals surface area contributed by atoms with Crippen molar-refractivity contribution in [3.63, 3.8) is 0 Å². The Morgan fingerprint density at radius 1 is 1.30 bits per heavy atom. The van der Waals surface area contributed by atoms with Gasteiger partial charge in [0, 0.05) is 20.1 Å². The van der Waals surface area contributed by atoms with Crippen LogP contribution in [-0.4, -0.2) is 24.6 Å². The number of carbonyl (C=O) groups is 1. The number of anilines is 1. The summed E-state index contributed by atoms with van der Waals surface area (Å²) in [5.74, 6) is 3.30. The molecule has 1 aromatic carbocycles. The fourth-order valence-electron chi connectivity index (χ4n) is 2.48. The SMILES string of the molecule is C#CCCCCOc1cccc(CNC(=O)c2ccc(COC)nc2N)c1. The Morgan fingerprint density at radius 2 is 2.15 bits per heavy atom. The van der Waals surface area contributed by atoms with Crippen molar-refractivity contribution in [2.45, 2.75) is 32.4 Å². The van der Waals surface area contributed by atoms with Crippen LogP contribution in [0.25, 0.3) is 0 Å². The number of nitrogens with two attached hydrogens (primary N) is 1. The second-order valence-electron chi connectivity index (χ2n) is 6.01. The van der Waals surface area contributed by atoms with Crippen LogP contribution in [0.4, 0.5) is 5.82 Å². The Hall–Kier alpha value is -3.04. The molecule has 2 aromatic rings. The Labute approximate surface area is 160 Å². The highest BCUT2D eigenvalue weighted by molar-refractivity contribution is 5.98. The number of ether oxygens (including phenoxy) is 2. The summed E-state index contributed by atoms with van der Waals surface area (Å²) in [7, 11) is 1.58. The quantitative estimate of drug-likeness (QED) is 0.498. The molecule has 6 nitrogen and oxygen atoms in total. The van der Waals surface area contributed by atoms with E-state index < -0.39 is 0 Å². The first-order valence-electron chi connectivity index (χ1n) is 8.81. The molecule has 142 valence electrons. The zero-order chi connectivity index (χ0) is 19.5. The summed E-state index contributed by atoms with van der Waals surface area (Å²) in [5.41, 5.74) is 7.84. The van der Waals surface area contributed by atoms with Gasteiger partial charge in [-0.2, -0.15) is 0 Å². The third-order valence-electron chi connectivity index (χ3n) is 3.85. The lowest BCUT2D eigenvalue weighted by molar-refractivity contribution is 0.0951. The summed E-state index contributed by atoms with van der Waals surface area (Å²) >= 11 is 0. The van der Waals surface area contributed by atoms with E-state index >= 15 is 0 Å². The van der Waals surface area contributed by atoms with Crippen molar-refractivity contribution in [3.05, 3.63) is 53.2 Å². The Bertz CT molecular complexity index is 799. The van der Waals surface area contributed by atoms with Gasteiger partial charge in [0.2, 0.25) is 0 Å². The number of nitrogens with one attached hydrogen (secondary N) is 1. The first kappa shape index (κ1) is 20.3. The van der Waals surface area contributed by atoms with Crippen LogP contribution >= 0.6 is 0 Å². The topological polar surface area (TPSA) is 86.5 Å². The van der Waals surface area contributed by atoms with Gasteiger partial charge in [0.15, 0.2) is 0 Å². The second kappa shape index (κ2) is 10.8. The van der Waals surface area contributed by atoms with Crippen LogP contribution in [0, 0.1) is 12.3 Å². The van der Waals surface area contributed by atoms with Crippen molar-refractivity contribution in [3.8, 4) is 18.1 Å². The minimum absolute atomic E-state index is 0.186. The van der Waals surface area contributed by atoms with Crippen LogP contribution in [0.2, 0.25) is 0 Å². The van der Waals surface area contributed by atoms with E-state index in [2.05, 4.69) is 16.2 Å². The number of pyridine rings is 1. The van der Waals surface area contributed by atoms with E-state index in [9.17, 15) is 4.79 Å². The highest BCUT2D eigenvalue weighted by Gasteiger charge is 2.11. The second-order valence-corrected chi connectivity index (χ2v) is 6.01. The van der Waals surface area contributed by atoms with Gasteiger partial charge in [0.25, 0.3) is 5.91 Å².